The van der Waals surface area contributed by atoms with E-state index in [-0.39, 0.29) is 5.91 Å². The monoisotopic (exact) mass is 299 g/mol. The van der Waals surface area contributed by atoms with Gasteiger partial charge in [0.15, 0.2) is 0 Å². The molecule has 0 radical (unpaired) electrons. The van der Waals surface area contributed by atoms with E-state index in [4.69, 9.17) is 4.74 Å². The Hall–Kier alpha value is -2.30. The molecule has 0 atom stereocenters. The van der Waals surface area contributed by atoms with Gasteiger partial charge in [-0.05, 0) is 30.9 Å². The number of aromatic amines is 1. The van der Waals surface area contributed by atoms with Crippen LogP contribution in [0.3, 0.4) is 0 Å². The minimum atomic E-state index is 0.170. The number of amides is 1. The van der Waals surface area contributed by atoms with Crippen molar-refractivity contribution in [2.24, 2.45) is 5.92 Å². The van der Waals surface area contributed by atoms with Crippen LogP contribution in [0, 0.1) is 5.92 Å². The van der Waals surface area contributed by atoms with E-state index in [2.05, 4.69) is 9.97 Å². The lowest BCUT2D eigenvalue weighted by atomic mass is 9.98. The van der Waals surface area contributed by atoms with Crippen molar-refractivity contribution >= 4 is 5.91 Å². The first-order chi connectivity index (χ1) is 10.7. The van der Waals surface area contributed by atoms with Gasteiger partial charge in [-0.1, -0.05) is 12.1 Å². The first-order valence-electron chi connectivity index (χ1n) is 7.70. The molecule has 0 bridgehead atoms. The molecule has 5 nitrogen and oxygen atoms in total. The highest BCUT2D eigenvalue weighted by Gasteiger charge is 2.21. The molecule has 0 spiro atoms. The molecule has 1 fully saturated rings. The molecule has 116 valence electrons. The number of rotatable bonds is 4. The van der Waals surface area contributed by atoms with Gasteiger partial charge in [0.05, 0.1) is 24.8 Å². The molecule has 1 aliphatic rings. The van der Waals surface area contributed by atoms with E-state index in [1.54, 1.807) is 19.4 Å². The molecule has 22 heavy (non-hydrogen) atoms. The predicted molar refractivity (Wildman–Crippen MR) is 84.5 cm³/mol. The lowest BCUT2D eigenvalue weighted by Gasteiger charge is -2.31. The van der Waals surface area contributed by atoms with Crippen LogP contribution in [0.15, 0.2) is 36.8 Å². The minimum Gasteiger partial charge on any atom is -0.493 e. The van der Waals surface area contributed by atoms with Gasteiger partial charge in [-0.25, -0.2) is 4.98 Å². The molecular formula is C17H21N3O2. The number of carbonyl (C=O) groups is 1. The quantitative estimate of drug-likeness (QED) is 0.944. The number of hydrogen-bond acceptors (Lipinski definition) is 3. The van der Waals surface area contributed by atoms with Crippen LogP contribution in [0.4, 0.5) is 0 Å². The number of aromatic nitrogens is 2. The summed E-state index contributed by atoms with van der Waals surface area (Å²) in [6.07, 6.45) is 5.48. The fourth-order valence-electron chi connectivity index (χ4n) is 2.84. The van der Waals surface area contributed by atoms with Crippen LogP contribution in [0.1, 0.15) is 19.8 Å². The average Bonchev–Trinajstić information content (AvgIpc) is 3.08. The van der Waals surface area contributed by atoms with Gasteiger partial charge in [0.2, 0.25) is 5.91 Å². The summed E-state index contributed by atoms with van der Waals surface area (Å²) < 4.78 is 6.04. The summed E-state index contributed by atoms with van der Waals surface area (Å²) in [5.74, 6) is 1.55. The Morgan fingerprint density at radius 2 is 2.14 bits per heavy atom. The molecule has 1 amide bonds. The Kier molecular flexibility index (Phi) is 4.42. The van der Waals surface area contributed by atoms with Gasteiger partial charge in [0, 0.05) is 25.6 Å². The smallest absolute Gasteiger partial charge is 0.219 e. The fraction of sp³-hybridized carbons (Fsp3) is 0.412. The van der Waals surface area contributed by atoms with Crippen molar-refractivity contribution in [3.63, 3.8) is 0 Å². The van der Waals surface area contributed by atoms with Crippen LogP contribution in [0.2, 0.25) is 0 Å². The van der Waals surface area contributed by atoms with Crippen LogP contribution < -0.4 is 4.74 Å². The second kappa shape index (κ2) is 6.64. The van der Waals surface area contributed by atoms with E-state index in [9.17, 15) is 4.79 Å². The van der Waals surface area contributed by atoms with Crippen molar-refractivity contribution in [3.8, 4) is 17.0 Å². The summed E-state index contributed by atoms with van der Waals surface area (Å²) in [4.78, 5) is 20.4. The van der Waals surface area contributed by atoms with Crippen molar-refractivity contribution in [2.45, 2.75) is 19.8 Å². The molecule has 2 aromatic rings. The summed E-state index contributed by atoms with van der Waals surface area (Å²) in [5.41, 5.74) is 1.99. The molecule has 1 N–H and O–H groups in total. The Morgan fingerprint density at radius 1 is 1.36 bits per heavy atom. The van der Waals surface area contributed by atoms with Gasteiger partial charge in [-0.2, -0.15) is 0 Å². The van der Waals surface area contributed by atoms with E-state index < -0.39 is 0 Å². The molecule has 0 aliphatic carbocycles. The van der Waals surface area contributed by atoms with Gasteiger partial charge >= 0.3 is 0 Å². The van der Waals surface area contributed by atoms with Gasteiger partial charge in [-0.3, -0.25) is 4.79 Å². The van der Waals surface area contributed by atoms with Gasteiger partial charge in [0.1, 0.15) is 5.75 Å². The molecule has 2 heterocycles. The van der Waals surface area contributed by atoms with E-state index >= 15 is 0 Å². The van der Waals surface area contributed by atoms with Crippen molar-refractivity contribution in [1.82, 2.24) is 14.9 Å². The minimum absolute atomic E-state index is 0.170. The number of nitrogens with one attached hydrogen (secondary N) is 1. The molecule has 3 rings (SSSR count). The van der Waals surface area contributed by atoms with Gasteiger partial charge < -0.3 is 14.6 Å². The fourth-order valence-corrected chi connectivity index (χ4v) is 2.84. The highest BCUT2D eigenvalue weighted by atomic mass is 16.5. The zero-order valence-corrected chi connectivity index (χ0v) is 12.8. The Balaban J connectivity index is 1.60. The maximum atomic E-state index is 11.3. The highest BCUT2D eigenvalue weighted by molar-refractivity contribution is 5.73. The van der Waals surface area contributed by atoms with E-state index in [0.29, 0.717) is 12.5 Å². The number of likely N-dealkylation sites (tertiary alicyclic amines) is 1. The topological polar surface area (TPSA) is 58.2 Å². The lowest BCUT2D eigenvalue weighted by molar-refractivity contribution is -0.130. The van der Waals surface area contributed by atoms with Crippen LogP contribution in [-0.4, -0.2) is 40.5 Å². The number of nitrogens with zero attached hydrogens (tertiary/aromatic N) is 2. The van der Waals surface area contributed by atoms with Gasteiger partial charge in [0.25, 0.3) is 0 Å². The third-order valence-corrected chi connectivity index (χ3v) is 4.21. The van der Waals surface area contributed by atoms with E-state index in [1.807, 2.05) is 29.2 Å². The number of carbonyl (C=O) groups excluding carboxylic acids is 1. The Labute approximate surface area is 130 Å². The van der Waals surface area contributed by atoms with Crippen molar-refractivity contribution < 1.29 is 9.53 Å². The standard InChI is InChI=1S/C17H21N3O2/c1-13(21)20-8-6-14(7-9-20)11-22-17-5-3-2-4-15(17)16-10-18-12-19-16/h2-5,10,12,14H,6-9,11H2,1H3,(H,18,19). The second-order valence-electron chi connectivity index (χ2n) is 5.72. The maximum absolute atomic E-state index is 11.3. The summed E-state index contributed by atoms with van der Waals surface area (Å²) >= 11 is 0. The molecule has 1 saturated heterocycles. The molecule has 0 unspecified atom stereocenters. The van der Waals surface area contributed by atoms with Crippen molar-refractivity contribution in [3.05, 3.63) is 36.8 Å². The second-order valence-corrected chi connectivity index (χ2v) is 5.72. The largest absolute Gasteiger partial charge is 0.493 e. The molecule has 1 aromatic carbocycles. The zero-order valence-electron chi connectivity index (χ0n) is 12.8. The third-order valence-electron chi connectivity index (χ3n) is 4.21. The number of para-hydroxylation sites is 1. The van der Waals surface area contributed by atoms with Crippen LogP contribution >= 0.6 is 0 Å². The number of H-pyrrole nitrogens is 1. The zero-order chi connectivity index (χ0) is 15.4. The number of hydrogen-bond donors (Lipinski definition) is 1. The van der Waals surface area contributed by atoms with Crippen LogP contribution in [0.5, 0.6) is 5.75 Å². The van der Waals surface area contributed by atoms with Gasteiger partial charge in [-0.15, -0.1) is 0 Å². The molecular weight excluding hydrogens is 278 g/mol. The van der Waals surface area contributed by atoms with Crippen LogP contribution in [-0.2, 0) is 4.79 Å². The summed E-state index contributed by atoms with van der Waals surface area (Å²) in [6, 6.07) is 7.99. The lowest BCUT2D eigenvalue weighted by Crippen LogP contribution is -2.38. The third kappa shape index (κ3) is 3.30. The number of benzene rings is 1. The van der Waals surface area contributed by atoms with E-state index in [0.717, 1.165) is 42.9 Å². The predicted octanol–water partition coefficient (Wildman–Crippen LogP) is 2.71. The molecule has 1 aromatic heterocycles. The Bertz CT molecular complexity index is 617. The first kappa shape index (κ1) is 14.6. The van der Waals surface area contributed by atoms with E-state index in [1.165, 1.54) is 0 Å². The SMILES string of the molecule is CC(=O)N1CCC(COc2ccccc2-c2cnc[nH]2)CC1. The van der Waals surface area contributed by atoms with Crippen LogP contribution in [0.25, 0.3) is 11.3 Å². The molecule has 5 heteroatoms. The summed E-state index contributed by atoms with van der Waals surface area (Å²) in [5, 5.41) is 0. The number of imidazole rings is 1. The van der Waals surface area contributed by atoms with Crippen molar-refractivity contribution in [1.29, 1.82) is 0 Å². The first-order valence-corrected chi connectivity index (χ1v) is 7.70. The maximum Gasteiger partial charge on any atom is 0.219 e. The average molecular weight is 299 g/mol. The molecule has 1 aliphatic heterocycles. The van der Waals surface area contributed by atoms with Crippen molar-refractivity contribution in [2.75, 3.05) is 19.7 Å². The number of ether oxygens (including phenoxy) is 1. The number of piperidine rings is 1. The molecule has 0 saturated carbocycles. The highest BCUT2D eigenvalue weighted by Crippen LogP contribution is 2.29. The summed E-state index contributed by atoms with van der Waals surface area (Å²) in [7, 11) is 0. The summed E-state index contributed by atoms with van der Waals surface area (Å²) in [6.45, 7) is 4.01. The Morgan fingerprint density at radius 3 is 2.82 bits per heavy atom. The normalized spacial score (nSPS) is 15.8.